The Balaban J connectivity index is 1.66. The first-order valence-corrected chi connectivity index (χ1v) is 10.3. The number of aromatic nitrogens is 4. The van der Waals surface area contributed by atoms with Crippen LogP contribution in [0.1, 0.15) is 61.6 Å². The highest BCUT2D eigenvalue weighted by Crippen LogP contribution is 2.35. The van der Waals surface area contributed by atoms with Crippen LogP contribution in [0, 0.1) is 5.92 Å². The quantitative estimate of drug-likeness (QED) is 0.597. The second-order valence-corrected chi connectivity index (χ2v) is 8.53. The van der Waals surface area contributed by atoms with Crippen molar-refractivity contribution in [2.24, 2.45) is 5.92 Å². The summed E-state index contributed by atoms with van der Waals surface area (Å²) >= 11 is 0. The summed E-state index contributed by atoms with van der Waals surface area (Å²) in [7, 11) is 0. The number of anilines is 1. The molecule has 1 fully saturated rings. The molecular weight excluding hydrogens is 382 g/mol. The summed E-state index contributed by atoms with van der Waals surface area (Å²) in [5, 5.41) is 28.6. The first-order valence-electron chi connectivity index (χ1n) is 10.3. The zero-order valence-electron chi connectivity index (χ0n) is 17.2. The normalized spacial score (nSPS) is 19.7. The summed E-state index contributed by atoms with van der Waals surface area (Å²) in [5.74, 6) is -0.00131. The molecule has 30 heavy (non-hydrogen) atoms. The first-order chi connectivity index (χ1) is 14.3. The van der Waals surface area contributed by atoms with E-state index in [1.54, 1.807) is 13.8 Å². The van der Waals surface area contributed by atoms with Gasteiger partial charge in [-0.05, 0) is 57.6 Å². The topological polar surface area (TPSA) is 113 Å². The maximum atomic E-state index is 12.6. The Morgan fingerprint density at radius 1 is 1.23 bits per heavy atom. The number of rotatable bonds is 5. The summed E-state index contributed by atoms with van der Waals surface area (Å²) in [6.45, 7) is 3.61. The number of hydrogen-bond acceptors (Lipinski definition) is 6. The van der Waals surface area contributed by atoms with Crippen molar-refractivity contribution in [3.8, 4) is 0 Å². The van der Waals surface area contributed by atoms with Crippen LogP contribution in [0.2, 0.25) is 0 Å². The van der Waals surface area contributed by atoms with Crippen molar-refractivity contribution in [1.82, 2.24) is 19.7 Å². The molecule has 1 aliphatic rings. The summed E-state index contributed by atoms with van der Waals surface area (Å²) in [5.41, 5.74) is 0.919. The van der Waals surface area contributed by atoms with Crippen LogP contribution < -0.4 is 5.32 Å². The fourth-order valence-corrected chi connectivity index (χ4v) is 4.08. The van der Waals surface area contributed by atoms with Gasteiger partial charge in [-0.3, -0.25) is 14.5 Å². The number of benzene rings is 1. The molecular formula is C22H27N5O3. The highest BCUT2D eigenvalue weighted by molar-refractivity contribution is 6.04. The molecule has 1 saturated carbocycles. The molecule has 1 amide bonds. The van der Waals surface area contributed by atoms with Gasteiger partial charge in [-0.15, -0.1) is 0 Å². The third-order valence-corrected chi connectivity index (χ3v) is 5.81. The zero-order chi connectivity index (χ0) is 21.3. The fraction of sp³-hybridized carbons (Fsp3) is 0.455. The van der Waals surface area contributed by atoms with Crippen LogP contribution in [0.3, 0.4) is 0 Å². The van der Waals surface area contributed by atoms with Crippen molar-refractivity contribution < 1.29 is 15.0 Å². The molecule has 158 valence electrons. The second kappa shape index (κ2) is 8.12. The van der Waals surface area contributed by atoms with Gasteiger partial charge in [0.2, 0.25) is 0 Å². The monoisotopic (exact) mass is 409 g/mol. The highest BCUT2D eigenvalue weighted by atomic mass is 16.3. The Morgan fingerprint density at radius 3 is 2.63 bits per heavy atom. The minimum Gasteiger partial charge on any atom is -0.396 e. The number of nitrogens with one attached hydrogen (secondary N) is 1. The van der Waals surface area contributed by atoms with E-state index in [1.807, 2.05) is 23.0 Å². The standard InChI is InChI=1S/C22H27N5O3/c1-22(2,30)17-10-18-15(9-19(17)25-21(29)20-11-23-7-8-24-20)12-27(26-18)16-5-3-14(13-28)4-6-16/h7-12,14,16,28,30H,3-6,13H2,1-2H3,(H,25,29). The molecule has 8 nitrogen and oxygen atoms in total. The third-order valence-electron chi connectivity index (χ3n) is 5.81. The van der Waals surface area contributed by atoms with E-state index >= 15 is 0 Å². The Hall–Kier alpha value is -2.84. The molecule has 0 spiro atoms. The van der Waals surface area contributed by atoms with Gasteiger partial charge in [0.05, 0.1) is 23.4 Å². The number of aliphatic hydroxyl groups is 2. The summed E-state index contributed by atoms with van der Waals surface area (Å²) in [6, 6.07) is 3.97. The molecule has 0 bridgehead atoms. The lowest BCUT2D eigenvalue weighted by Gasteiger charge is -2.27. The largest absolute Gasteiger partial charge is 0.396 e. The third kappa shape index (κ3) is 4.20. The van der Waals surface area contributed by atoms with Gasteiger partial charge in [-0.2, -0.15) is 5.10 Å². The van der Waals surface area contributed by atoms with E-state index in [4.69, 9.17) is 5.10 Å². The maximum absolute atomic E-state index is 12.6. The number of aliphatic hydroxyl groups excluding tert-OH is 1. The van der Waals surface area contributed by atoms with E-state index < -0.39 is 5.60 Å². The average Bonchev–Trinajstić information content (AvgIpc) is 3.16. The van der Waals surface area contributed by atoms with E-state index in [0.29, 0.717) is 23.2 Å². The number of hydrogen-bond donors (Lipinski definition) is 3. The lowest BCUT2D eigenvalue weighted by molar-refractivity contribution is 0.0793. The van der Waals surface area contributed by atoms with Crippen molar-refractivity contribution in [1.29, 1.82) is 0 Å². The molecule has 2 heterocycles. The van der Waals surface area contributed by atoms with Crippen LogP contribution in [-0.2, 0) is 5.60 Å². The Labute approximate surface area is 175 Å². The van der Waals surface area contributed by atoms with Crippen LogP contribution in [0.25, 0.3) is 10.9 Å². The molecule has 0 unspecified atom stereocenters. The SMILES string of the molecule is CC(C)(O)c1cc2nn(C3CCC(CO)CC3)cc2cc1NC(=O)c1cnccn1. The van der Waals surface area contributed by atoms with Gasteiger partial charge in [-0.25, -0.2) is 4.98 Å². The molecule has 3 N–H and O–H groups in total. The predicted molar refractivity (Wildman–Crippen MR) is 113 cm³/mol. The molecule has 4 rings (SSSR count). The van der Waals surface area contributed by atoms with E-state index in [0.717, 1.165) is 36.6 Å². The first kappa shape index (κ1) is 20.4. The van der Waals surface area contributed by atoms with Crippen LogP contribution >= 0.6 is 0 Å². The van der Waals surface area contributed by atoms with Crippen molar-refractivity contribution in [2.75, 3.05) is 11.9 Å². The molecule has 0 atom stereocenters. The predicted octanol–water partition coefficient (Wildman–Crippen LogP) is 3.03. The molecule has 2 aromatic heterocycles. The minimum absolute atomic E-state index is 0.204. The van der Waals surface area contributed by atoms with Crippen molar-refractivity contribution in [2.45, 2.75) is 51.2 Å². The van der Waals surface area contributed by atoms with E-state index in [1.165, 1.54) is 18.6 Å². The van der Waals surface area contributed by atoms with Crippen molar-refractivity contribution in [3.05, 3.63) is 48.2 Å². The highest BCUT2D eigenvalue weighted by Gasteiger charge is 2.26. The number of nitrogens with zero attached hydrogens (tertiary/aromatic N) is 4. The maximum Gasteiger partial charge on any atom is 0.275 e. The number of amides is 1. The van der Waals surface area contributed by atoms with Gasteiger partial charge >= 0.3 is 0 Å². The van der Waals surface area contributed by atoms with Crippen LogP contribution in [0.5, 0.6) is 0 Å². The summed E-state index contributed by atoms with van der Waals surface area (Å²) < 4.78 is 1.99. The van der Waals surface area contributed by atoms with Gasteiger partial charge in [0.1, 0.15) is 5.69 Å². The number of carbonyl (C=O) groups excluding carboxylic acids is 1. The van der Waals surface area contributed by atoms with E-state index in [9.17, 15) is 15.0 Å². The molecule has 8 heteroatoms. The van der Waals surface area contributed by atoms with Gasteiger partial charge in [0.15, 0.2) is 0 Å². The van der Waals surface area contributed by atoms with Gasteiger partial charge in [0.25, 0.3) is 5.91 Å². The molecule has 0 saturated heterocycles. The zero-order valence-corrected chi connectivity index (χ0v) is 17.2. The summed E-state index contributed by atoms with van der Waals surface area (Å²) in [6.07, 6.45) is 10.3. The van der Waals surface area contributed by atoms with Crippen LogP contribution in [-0.4, -0.2) is 42.5 Å². The molecule has 1 aromatic carbocycles. The van der Waals surface area contributed by atoms with Gasteiger partial charge in [0, 0.05) is 41.8 Å². The lowest BCUT2D eigenvalue weighted by atomic mass is 9.87. The lowest BCUT2D eigenvalue weighted by Crippen LogP contribution is -2.21. The molecule has 0 radical (unpaired) electrons. The van der Waals surface area contributed by atoms with Crippen molar-refractivity contribution in [3.63, 3.8) is 0 Å². The summed E-state index contributed by atoms with van der Waals surface area (Å²) in [4.78, 5) is 20.6. The Morgan fingerprint density at radius 2 is 2.00 bits per heavy atom. The van der Waals surface area contributed by atoms with E-state index in [2.05, 4.69) is 15.3 Å². The molecule has 1 aliphatic carbocycles. The average molecular weight is 409 g/mol. The van der Waals surface area contributed by atoms with Gasteiger partial charge in [-0.1, -0.05) is 0 Å². The van der Waals surface area contributed by atoms with Crippen LogP contribution in [0.15, 0.2) is 36.9 Å². The van der Waals surface area contributed by atoms with E-state index in [-0.39, 0.29) is 18.2 Å². The minimum atomic E-state index is -1.16. The Kier molecular flexibility index (Phi) is 5.53. The Bertz CT molecular complexity index is 1030. The fourth-order valence-electron chi connectivity index (χ4n) is 4.08. The number of fused-ring (bicyclic) bond motifs is 1. The molecule has 3 aromatic rings. The second-order valence-electron chi connectivity index (χ2n) is 8.53. The molecule has 0 aliphatic heterocycles. The smallest absolute Gasteiger partial charge is 0.275 e. The van der Waals surface area contributed by atoms with Crippen LogP contribution in [0.4, 0.5) is 5.69 Å². The number of carbonyl (C=O) groups is 1. The van der Waals surface area contributed by atoms with Gasteiger partial charge < -0.3 is 15.5 Å². The van der Waals surface area contributed by atoms with Crippen molar-refractivity contribution >= 4 is 22.5 Å².